The van der Waals surface area contributed by atoms with Crippen LogP contribution in [0, 0.1) is 5.92 Å². The Labute approximate surface area is 183 Å². The summed E-state index contributed by atoms with van der Waals surface area (Å²) in [5.74, 6) is -0.473. The van der Waals surface area contributed by atoms with Crippen molar-refractivity contribution in [2.45, 2.75) is 26.5 Å². The van der Waals surface area contributed by atoms with Crippen LogP contribution in [-0.2, 0) is 16.1 Å². The van der Waals surface area contributed by atoms with Crippen molar-refractivity contribution in [2.75, 3.05) is 7.11 Å². The van der Waals surface area contributed by atoms with Crippen molar-refractivity contribution in [3.8, 4) is 5.75 Å². The molecule has 0 radical (unpaired) electrons. The topological polar surface area (TPSA) is 110 Å². The summed E-state index contributed by atoms with van der Waals surface area (Å²) in [5.41, 5.74) is 0.424. The standard InChI is InChI=1S/C22H22ClN3O5/c1-12(2)19(26-20(27)13-4-7-15(30-3)8-5-13)22(29)31-11-18-24-17-10-14(23)6-9-16(17)21(28)25-18/h4-10,12,19H,11H2,1-3H3,(H,26,27)(H,24,25,28)/t19-/m0/s1. The van der Waals surface area contributed by atoms with Crippen molar-refractivity contribution in [3.63, 3.8) is 0 Å². The fourth-order valence-corrected chi connectivity index (χ4v) is 3.09. The fourth-order valence-electron chi connectivity index (χ4n) is 2.92. The predicted molar refractivity (Wildman–Crippen MR) is 116 cm³/mol. The largest absolute Gasteiger partial charge is 0.497 e. The van der Waals surface area contributed by atoms with E-state index in [9.17, 15) is 14.4 Å². The lowest BCUT2D eigenvalue weighted by Crippen LogP contribution is -2.45. The molecule has 8 nitrogen and oxygen atoms in total. The number of hydrogen-bond donors (Lipinski definition) is 2. The highest BCUT2D eigenvalue weighted by Crippen LogP contribution is 2.15. The van der Waals surface area contributed by atoms with E-state index in [4.69, 9.17) is 21.1 Å². The first-order chi connectivity index (χ1) is 14.8. The lowest BCUT2D eigenvalue weighted by molar-refractivity contribution is -0.148. The van der Waals surface area contributed by atoms with E-state index < -0.39 is 17.9 Å². The van der Waals surface area contributed by atoms with Gasteiger partial charge in [-0.3, -0.25) is 9.59 Å². The smallest absolute Gasteiger partial charge is 0.329 e. The zero-order valence-corrected chi connectivity index (χ0v) is 18.0. The van der Waals surface area contributed by atoms with Crippen LogP contribution in [-0.4, -0.2) is 35.0 Å². The summed E-state index contributed by atoms with van der Waals surface area (Å²) < 4.78 is 10.4. The maximum absolute atomic E-state index is 12.6. The number of nitrogens with one attached hydrogen (secondary N) is 2. The van der Waals surface area contributed by atoms with Gasteiger partial charge in [0.1, 0.15) is 24.2 Å². The number of benzene rings is 2. The summed E-state index contributed by atoms with van der Waals surface area (Å²) in [5, 5.41) is 3.51. The average Bonchev–Trinajstić information content (AvgIpc) is 2.75. The number of carbonyl (C=O) groups excluding carboxylic acids is 2. The van der Waals surface area contributed by atoms with Gasteiger partial charge in [-0.15, -0.1) is 0 Å². The number of esters is 1. The van der Waals surface area contributed by atoms with Gasteiger partial charge in [-0.2, -0.15) is 0 Å². The van der Waals surface area contributed by atoms with Crippen molar-refractivity contribution in [3.05, 3.63) is 69.2 Å². The Bertz CT molecular complexity index is 1160. The molecule has 0 unspecified atom stereocenters. The molecule has 0 bridgehead atoms. The van der Waals surface area contributed by atoms with Gasteiger partial charge < -0.3 is 19.8 Å². The van der Waals surface area contributed by atoms with E-state index in [1.165, 1.54) is 7.11 Å². The molecule has 0 aliphatic carbocycles. The second-order valence-corrected chi connectivity index (χ2v) is 7.64. The SMILES string of the molecule is COc1ccc(C(=O)N[C@H](C(=O)OCc2nc3cc(Cl)ccc3c(=O)[nH]2)C(C)C)cc1. The van der Waals surface area contributed by atoms with Gasteiger partial charge in [0.25, 0.3) is 11.5 Å². The van der Waals surface area contributed by atoms with Crippen LogP contribution < -0.4 is 15.6 Å². The normalized spacial score (nSPS) is 11.9. The maximum Gasteiger partial charge on any atom is 0.329 e. The molecule has 0 fully saturated rings. The molecule has 0 aliphatic heterocycles. The van der Waals surface area contributed by atoms with E-state index in [-0.39, 0.29) is 23.9 Å². The molecule has 2 aromatic carbocycles. The van der Waals surface area contributed by atoms with Crippen LogP contribution in [0.1, 0.15) is 30.0 Å². The minimum absolute atomic E-state index is 0.178. The minimum Gasteiger partial charge on any atom is -0.497 e. The van der Waals surface area contributed by atoms with Gasteiger partial charge in [0.05, 0.1) is 18.0 Å². The molecule has 1 atom stereocenters. The minimum atomic E-state index is -0.878. The van der Waals surface area contributed by atoms with Crippen molar-refractivity contribution in [1.82, 2.24) is 15.3 Å². The molecule has 162 valence electrons. The molecular weight excluding hydrogens is 422 g/mol. The first-order valence-electron chi connectivity index (χ1n) is 9.58. The molecule has 2 N–H and O–H groups in total. The number of amides is 1. The van der Waals surface area contributed by atoms with Crippen LogP contribution >= 0.6 is 11.6 Å². The Morgan fingerprint density at radius 2 is 1.87 bits per heavy atom. The number of nitrogens with zero attached hydrogens (tertiary/aromatic N) is 1. The Kier molecular flexibility index (Phi) is 6.91. The van der Waals surface area contributed by atoms with E-state index >= 15 is 0 Å². The van der Waals surface area contributed by atoms with E-state index in [1.54, 1.807) is 56.3 Å². The van der Waals surface area contributed by atoms with E-state index in [1.807, 2.05) is 0 Å². The Morgan fingerprint density at radius 3 is 2.52 bits per heavy atom. The van der Waals surface area contributed by atoms with Crippen LogP contribution in [0.25, 0.3) is 10.9 Å². The van der Waals surface area contributed by atoms with Gasteiger partial charge in [0.2, 0.25) is 0 Å². The second kappa shape index (κ2) is 9.61. The third-order valence-corrected chi connectivity index (χ3v) is 4.86. The first kappa shape index (κ1) is 22.3. The molecule has 1 heterocycles. The monoisotopic (exact) mass is 443 g/mol. The zero-order valence-electron chi connectivity index (χ0n) is 17.3. The Hall–Kier alpha value is -3.39. The number of H-pyrrole nitrogens is 1. The Balaban J connectivity index is 1.70. The summed E-state index contributed by atoms with van der Waals surface area (Å²) in [6.07, 6.45) is 0. The number of carbonyl (C=O) groups is 2. The number of ether oxygens (including phenoxy) is 2. The summed E-state index contributed by atoms with van der Waals surface area (Å²) in [7, 11) is 1.53. The number of aromatic nitrogens is 2. The number of rotatable bonds is 7. The van der Waals surface area contributed by atoms with Crippen molar-refractivity contribution < 1.29 is 19.1 Å². The zero-order chi connectivity index (χ0) is 22.5. The summed E-state index contributed by atoms with van der Waals surface area (Å²) in [4.78, 5) is 44.2. The van der Waals surface area contributed by atoms with Crippen molar-refractivity contribution in [2.24, 2.45) is 5.92 Å². The summed E-state index contributed by atoms with van der Waals surface area (Å²) >= 11 is 5.96. The molecule has 3 rings (SSSR count). The molecule has 0 aliphatic rings. The number of aromatic amines is 1. The molecule has 9 heteroatoms. The van der Waals surface area contributed by atoms with Gasteiger partial charge in [-0.1, -0.05) is 25.4 Å². The molecule has 0 spiro atoms. The Morgan fingerprint density at radius 1 is 1.16 bits per heavy atom. The van der Waals surface area contributed by atoms with E-state index in [0.717, 1.165) is 0 Å². The second-order valence-electron chi connectivity index (χ2n) is 7.21. The number of fused-ring (bicyclic) bond motifs is 1. The fraction of sp³-hybridized carbons (Fsp3) is 0.273. The molecule has 31 heavy (non-hydrogen) atoms. The van der Waals surface area contributed by atoms with Crippen LogP contribution in [0.4, 0.5) is 0 Å². The average molecular weight is 444 g/mol. The van der Waals surface area contributed by atoms with Gasteiger partial charge >= 0.3 is 5.97 Å². The number of hydrogen-bond acceptors (Lipinski definition) is 6. The van der Waals surface area contributed by atoms with Gasteiger partial charge in [-0.05, 0) is 48.4 Å². The molecule has 3 aromatic rings. The highest BCUT2D eigenvalue weighted by atomic mass is 35.5. The first-order valence-corrected chi connectivity index (χ1v) is 9.96. The number of halogens is 1. The quantitative estimate of drug-likeness (QED) is 0.543. The van der Waals surface area contributed by atoms with E-state index in [2.05, 4.69) is 15.3 Å². The lowest BCUT2D eigenvalue weighted by atomic mass is 10.0. The van der Waals surface area contributed by atoms with Gasteiger partial charge in [0.15, 0.2) is 0 Å². The summed E-state index contributed by atoms with van der Waals surface area (Å²) in [6, 6.07) is 10.4. The van der Waals surface area contributed by atoms with E-state index in [0.29, 0.717) is 27.2 Å². The lowest BCUT2D eigenvalue weighted by Gasteiger charge is -2.21. The number of methoxy groups -OCH3 is 1. The highest BCUT2D eigenvalue weighted by molar-refractivity contribution is 6.31. The van der Waals surface area contributed by atoms with Crippen LogP contribution in [0.5, 0.6) is 5.75 Å². The van der Waals surface area contributed by atoms with Gasteiger partial charge in [-0.25, -0.2) is 9.78 Å². The summed E-state index contributed by atoms with van der Waals surface area (Å²) in [6.45, 7) is 3.33. The maximum atomic E-state index is 12.6. The van der Waals surface area contributed by atoms with Crippen molar-refractivity contribution in [1.29, 1.82) is 0 Å². The molecule has 0 saturated heterocycles. The van der Waals surface area contributed by atoms with Gasteiger partial charge in [0, 0.05) is 10.6 Å². The predicted octanol–water partition coefficient (Wildman–Crippen LogP) is 3.08. The van der Waals surface area contributed by atoms with Crippen LogP contribution in [0.15, 0.2) is 47.3 Å². The van der Waals surface area contributed by atoms with Crippen LogP contribution in [0.3, 0.4) is 0 Å². The molecule has 1 amide bonds. The van der Waals surface area contributed by atoms with Crippen molar-refractivity contribution >= 4 is 34.4 Å². The molecule has 0 saturated carbocycles. The molecular formula is C22H22ClN3O5. The molecule has 1 aromatic heterocycles. The van der Waals surface area contributed by atoms with Crippen LogP contribution in [0.2, 0.25) is 5.02 Å². The highest BCUT2D eigenvalue weighted by Gasteiger charge is 2.26. The third-order valence-electron chi connectivity index (χ3n) is 4.63. The third kappa shape index (κ3) is 5.40.